The van der Waals surface area contributed by atoms with Crippen LogP contribution in [0.25, 0.3) is 10.8 Å². The second-order valence-corrected chi connectivity index (χ2v) is 6.64. The molecule has 3 rings (SSSR count). The Labute approximate surface area is 153 Å². The average molecular weight is 347 g/mol. The quantitative estimate of drug-likeness (QED) is 0.674. The van der Waals surface area contributed by atoms with E-state index in [1.54, 1.807) is 18.2 Å². The van der Waals surface area contributed by atoms with Gasteiger partial charge in [-0.1, -0.05) is 48.5 Å². The molecule has 0 fully saturated rings. The number of carbonyl (C=O) groups is 2. The first-order valence-corrected chi connectivity index (χ1v) is 8.72. The summed E-state index contributed by atoms with van der Waals surface area (Å²) in [5, 5.41) is 5.28. The number of hydrogen-bond donors (Lipinski definition) is 2. The van der Waals surface area contributed by atoms with Gasteiger partial charge >= 0.3 is 0 Å². The number of para-hydroxylation sites is 1. The van der Waals surface area contributed by atoms with Crippen molar-refractivity contribution in [2.45, 2.75) is 13.5 Å². The Hall–Kier alpha value is -2.98. The van der Waals surface area contributed by atoms with Crippen LogP contribution in [0.15, 0.2) is 66.7 Å². The lowest BCUT2D eigenvalue weighted by atomic mass is 10.1. The number of benzene rings is 3. The van der Waals surface area contributed by atoms with Crippen molar-refractivity contribution in [2.75, 3.05) is 18.9 Å². The van der Waals surface area contributed by atoms with Crippen molar-refractivity contribution in [3.8, 4) is 0 Å². The van der Waals surface area contributed by atoms with E-state index >= 15 is 0 Å². The van der Waals surface area contributed by atoms with Crippen molar-refractivity contribution >= 4 is 28.2 Å². The van der Waals surface area contributed by atoms with Gasteiger partial charge in [-0.25, -0.2) is 0 Å². The number of nitrogens with one attached hydrogen (secondary N) is 2. The van der Waals surface area contributed by atoms with Gasteiger partial charge < -0.3 is 10.2 Å². The Morgan fingerprint density at radius 2 is 1.62 bits per heavy atom. The van der Waals surface area contributed by atoms with E-state index in [4.69, 9.17) is 0 Å². The fourth-order valence-electron chi connectivity index (χ4n) is 3.13. The summed E-state index contributed by atoms with van der Waals surface area (Å²) in [6.45, 7) is 2.59. The number of amides is 1. The Balaban J connectivity index is 1.63. The number of carbonyl (C=O) groups excluding carboxylic acids is 2. The molecule has 0 bridgehead atoms. The van der Waals surface area contributed by atoms with Crippen LogP contribution in [0.2, 0.25) is 0 Å². The standard InChI is InChI=1S/C22H22N2O2/c1-16(25)20-9-5-6-10-21(20)23-22(26)15-24(2)14-17-11-12-18-7-3-4-8-19(18)13-17/h3-13H,14-15H2,1-2H3,(H,23,26)/p+1. The normalized spacial score (nSPS) is 11.9. The minimum absolute atomic E-state index is 0.0576. The minimum atomic E-state index is -0.100. The van der Waals surface area contributed by atoms with E-state index in [9.17, 15) is 9.59 Å². The third-order valence-electron chi connectivity index (χ3n) is 4.36. The summed E-state index contributed by atoms with van der Waals surface area (Å²) >= 11 is 0. The fourth-order valence-corrected chi connectivity index (χ4v) is 3.13. The highest BCUT2D eigenvalue weighted by Crippen LogP contribution is 2.16. The van der Waals surface area contributed by atoms with Crippen LogP contribution < -0.4 is 10.2 Å². The van der Waals surface area contributed by atoms with E-state index in [1.807, 2.05) is 25.2 Å². The number of quaternary nitrogens is 1. The molecule has 0 radical (unpaired) electrons. The highest BCUT2D eigenvalue weighted by molar-refractivity contribution is 6.03. The number of likely N-dealkylation sites (N-methyl/N-ethyl adjacent to an activating group) is 1. The van der Waals surface area contributed by atoms with E-state index in [2.05, 4.69) is 35.6 Å². The molecule has 1 amide bonds. The van der Waals surface area contributed by atoms with Gasteiger partial charge in [-0.05, 0) is 35.9 Å². The average Bonchev–Trinajstić information content (AvgIpc) is 2.61. The van der Waals surface area contributed by atoms with Gasteiger partial charge in [0.1, 0.15) is 6.54 Å². The Morgan fingerprint density at radius 3 is 2.38 bits per heavy atom. The number of hydrogen-bond acceptors (Lipinski definition) is 2. The van der Waals surface area contributed by atoms with E-state index < -0.39 is 0 Å². The molecule has 0 saturated heterocycles. The fraction of sp³-hybridized carbons (Fsp3) is 0.182. The third-order valence-corrected chi connectivity index (χ3v) is 4.36. The molecule has 2 N–H and O–H groups in total. The zero-order valence-corrected chi connectivity index (χ0v) is 15.1. The minimum Gasteiger partial charge on any atom is -0.326 e. The van der Waals surface area contributed by atoms with Crippen molar-refractivity contribution in [2.24, 2.45) is 0 Å². The second kappa shape index (κ2) is 7.93. The predicted molar refractivity (Wildman–Crippen MR) is 104 cm³/mol. The van der Waals surface area contributed by atoms with Gasteiger partial charge in [0.05, 0.1) is 12.7 Å². The Morgan fingerprint density at radius 1 is 0.923 bits per heavy atom. The summed E-state index contributed by atoms with van der Waals surface area (Å²) < 4.78 is 0. The third kappa shape index (κ3) is 4.35. The maximum atomic E-state index is 12.4. The summed E-state index contributed by atoms with van der Waals surface area (Å²) in [5.41, 5.74) is 2.30. The zero-order valence-electron chi connectivity index (χ0n) is 15.1. The van der Waals surface area contributed by atoms with E-state index in [0.29, 0.717) is 17.8 Å². The highest BCUT2D eigenvalue weighted by atomic mass is 16.2. The number of rotatable bonds is 6. The van der Waals surface area contributed by atoms with Crippen LogP contribution in [-0.2, 0) is 11.3 Å². The molecule has 1 unspecified atom stereocenters. The lowest BCUT2D eigenvalue weighted by Crippen LogP contribution is -3.08. The van der Waals surface area contributed by atoms with Gasteiger partial charge in [0.25, 0.3) is 5.91 Å². The molecule has 0 saturated carbocycles. The van der Waals surface area contributed by atoms with E-state index in [-0.39, 0.29) is 11.7 Å². The molecule has 1 atom stereocenters. The molecule has 0 aliphatic heterocycles. The molecule has 0 aliphatic rings. The molecular weight excluding hydrogens is 324 g/mol. The summed E-state index contributed by atoms with van der Waals surface area (Å²) in [7, 11) is 1.99. The van der Waals surface area contributed by atoms with Crippen molar-refractivity contribution in [1.82, 2.24) is 0 Å². The molecular formula is C22H23N2O2+. The molecule has 3 aromatic carbocycles. The largest absolute Gasteiger partial charge is 0.326 e. The molecule has 3 aromatic rings. The van der Waals surface area contributed by atoms with Crippen LogP contribution in [0.3, 0.4) is 0 Å². The first-order chi connectivity index (χ1) is 12.5. The first-order valence-electron chi connectivity index (χ1n) is 8.72. The van der Waals surface area contributed by atoms with Crippen molar-refractivity contribution in [3.05, 3.63) is 77.9 Å². The second-order valence-electron chi connectivity index (χ2n) is 6.64. The molecule has 4 heteroatoms. The van der Waals surface area contributed by atoms with Gasteiger partial charge in [-0.2, -0.15) is 0 Å². The number of ketones is 1. The maximum absolute atomic E-state index is 12.4. The van der Waals surface area contributed by atoms with Gasteiger partial charge in [-0.3, -0.25) is 9.59 Å². The lowest BCUT2D eigenvalue weighted by Gasteiger charge is -2.15. The monoisotopic (exact) mass is 347 g/mol. The van der Waals surface area contributed by atoms with E-state index in [1.165, 1.54) is 23.3 Å². The summed E-state index contributed by atoms with van der Waals surface area (Å²) in [4.78, 5) is 25.1. The van der Waals surface area contributed by atoms with Crippen LogP contribution in [0.4, 0.5) is 5.69 Å². The van der Waals surface area contributed by atoms with Crippen molar-refractivity contribution in [1.29, 1.82) is 0 Å². The first kappa shape index (κ1) is 17.8. The summed E-state index contributed by atoms with van der Waals surface area (Å²) in [6.07, 6.45) is 0. The molecule has 26 heavy (non-hydrogen) atoms. The van der Waals surface area contributed by atoms with Gasteiger partial charge in [0.2, 0.25) is 0 Å². The van der Waals surface area contributed by atoms with Crippen LogP contribution >= 0.6 is 0 Å². The van der Waals surface area contributed by atoms with Crippen molar-refractivity contribution in [3.63, 3.8) is 0 Å². The Kier molecular flexibility index (Phi) is 5.44. The van der Waals surface area contributed by atoms with Gasteiger partial charge in [0.15, 0.2) is 12.3 Å². The maximum Gasteiger partial charge on any atom is 0.279 e. The van der Waals surface area contributed by atoms with E-state index in [0.717, 1.165) is 11.4 Å². The number of fused-ring (bicyclic) bond motifs is 1. The van der Waals surface area contributed by atoms with Crippen LogP contribution in [0.1, 0.15) is 22.8 Å². The smallest absolute Gasteiger partial charge is 0.279 e. The summed E-state index contributed by atoms with van der Waals surface area (Å²) in [6, 6.07) is 21.7. The van der Waals surface area contributed by atoms with Gasteiger partial charge in [-0.15, -0.1) is 0 Å². The van der Waals surface area contributed by atoms with Crippen LogP contribution in [-0.4, -0.2) is 25.3 Å². The molecule has 0 aliphatic carbocycles. The topological polar surface area (TPSA) is 50.6 Å². The van der Waals surface area contributed by atoms with Gasteiger partial charge in [0, 0.05) is 11.1 Å². The molecule has 0 aromatic heterocycles. The molecule has 4 nitrogen and oxygen atoms in total. The predicted octanol–water partition coefficient (Wildman–Crippen LogP) is 2.70. The van der Waals surface area contributed by atoms with Crippen LogP contribution in [0.5, 0.6) is 0 Å². The van der Waals surface area contributed by atoms with Crippen LogP contribution in [0, 0.1) is 0 Å². The molecule has 132 valence electrons. The zero-order chi connectivity index (χ0) is 18.5. The number of Topliss-reactive ketones (excluding diaryl/α,β-unsaturated/α-hetero) is 1. The lowest BCUT2D eigenvalue weighted by molar-refractivity contribution is -0.885. The SMILES string of the molecule is CC(=O)c1ccccc1NC(=O)C[NH+](C)Cc1ccc2ccccc2c1. The molecule has 0 spiro atoms. The summed E-state index contributed by atoms with van der Waals surface area (Å²) in [5.74, 6) is -0.158. The highest BCUT2D eigenvalue weighted by Gasteiger charge is 2.14. The number of anilines is 1. The Bertz CT molecular complexity index is 950. The van der Waals surface area contributed by atoms with Crippen molar-refractivity contribution < 1.29 is 14.5 Å². The molecule has 0 heterocycles.